The zero-order valence-electron chi connectivity index (χ0n) is 21.7. The first kappa shape index (κ1) is 24.9. The van der Waals surface area contributed by atoms with Crippen LogP contribution in [0.4, 0.5) is 0 Å². The van der Waals surface area contributed by atoms with Crippen LogP contribution in [-0.4, -0.2) is 24.7 Å². The van der Waals surface area contributed by atoms with Crippen LogP contribution in [0.3, 0.4) is 0 Å². The van der Waals surface area contributed by atoms with Crippen LogP contribution in [-0.2, 0) is 19.6 Å². The summed E-state index contributed by atoms with van der Waals surface area (Å²) in [5.74, 6) is 0.668. The molecular formula is C30H28N6O2. The lowest BCUT2D eigenvalue weighted by atomic mass is 10.00. The molecular weight excluding hydrogens is 476 g/mol. The molecule has 0 saturated heterocycles. The third-order valence-electron chi connectivity index (χ3n) is 6.65. The number of H-pyrrole nitrogens is 1. The number of rotatable bonds is 8. The molecule has 0 aliphatic carbocycles. The van der Waals surface area contributed by atoms with Gasteiger partial charge in [0.15, 0.2) is 0 Å². The number of nitriles is 1. The van der Waals surface area contributed by atoms with Crippen molar-refractivity contribution in [2.45, 2.75) is 46.8 Å². The summed E-state index contributed by atoms with van der Waals surface area (Å²) in [6, 6.07) is 15.1. The minimum atomic E-state index is -0.340. The minimum Gasteiger partial charge on any atom is -0.487 e. The summed E-state index contributed by atoms with van der Waals surface area (Å²) < 4.78 is 7.87. The highest BCUT2D eigenvalue weighted by atomic mass is 16.5. The molecule has 0 fully saturated rings. The SMILES string of the molecule is CCCc1cn[nH]c1-c1cc(C)nc2c(OCc3c(C)ccnc3Cn3cccc(C#N)c3=O)cccc12. The number of nitrogens with one attached hydrogen (secondary N) is 1. The van der Waals surface area contributed by atoms with Crippen LogP contribution in [0.15, 0.2) is 65.8 Å². The van der Waals surface area contributed by atoms with Gasteiger partial charge < -0.3 is 9.30 Å². The third-order valence-corrected chi connectivity index (χ3v) is 6.65. The molecule has 1 aromatic carbocycles. The molecule has 0 saturated carbocycles. The fourth-order valence-electron chi connectivity index (χ4n) is 4.71. The van der Waals surface area contributed by atoms with E-state index in [0.29, 0.717) is 11.4 Å². The smallest absolute Gasteiger partial charge is 0.268 e. The van der Waals surface area contributed by atoms with Crippen molar-refractivity contribution in [2.75, 3.05) is 0 Å². The fourth-order valence-corrected chi connectivity index (χ4v) is 4.71. The highest BCUT2D eigenvalue weighted by Gasteiger charge is 2.16. The van der Waals surface area contributed by atoms with Gasteiger partial charge in [0, 0.05) is 34.6 Å². The van der Waals surface area contributed by atoms with E-state index in [1.807, 2.05) is 44.3 Å². The third kappa shape index (κ3) is 4.78. The standard InChI is InChI=1S/C30H28N6O2/c1-4-7-22-16-33-35-28(22)24-14-20(3)34-29-23(24)9-5-10-27(29)38-18-25-19(2)11-12-32-26(25)17-36-13-6-8-21(15-31)30(36)37/h5-6,8-14,16H,4,7,17-18H2,1-3H3,(H,33,35). The van der Waals surface area contributed by atoms with Crippen LogP contribution < -0.4 is 10.3 Å². The highest BCUT2D eigenvalue weighted by Crippen LogP contribution is 2.34. The monoisotopic (exact) mass is 504 g/mol. The summed E-state index contributed by atoms with van der Waals surface area (Å²) in [5.41, 5.74) is 7.28. The summed E-state index contributed by atoms with van der Waals surface area (Å²) in [6.45, 7) is 6.63. The van der Waals surface area contributed by atoms with E-state index < -0.39 is 0 Å². The number of para-hydroxylation sites is 1. The van der Waals surface area contributed by atoms with Gasteiger partial charge in [0.2, 0.25) is 0 Å². The number of nitrogens with zero attached hydrogens (tertiary/aromatic N) is 5. The minimum absolute atomic E-state index is 0.102. The number of aryl methyl sites for hydroxylation is 3. The lowest BCUT2D eigenvalue weighted by Gasteiger charge is -2.16. The maximum atomic E-state index is 12.6. The molecule has 8 nitrogen and oxygen atoms in total. The van der Waals surface area contributed by atoms with Crippen LogP contribution in [0.2, 0.25) is 0 Å². The number of hydrogen-bond acceptors (Lipinski definition) is 6. The van der Waals surface area contributed by atoms with Crippen molar-refractivity contribution in [3.63, 3.8) is 0 Å². The molecule has 0 aliphatic heterocycles. The number of aromatic amines is 1. The maximum absolute atomic E-state index is 12.6. The largest absolute Gasteiger partial charge is 0.487 e. The fraction of sp³-hybridized carbons (Fsp3) is 0.233. The topological polar surface area (TPSA) is 109 Å². The molecule has 0 aliphatic rings. The molecule has 0 atom stereocenters. The van der Waals surface area contributed by atoms with Gasteiger partial charge in [-0.25, -0.2) is 4.98 Å². The van der Waals surface area contributed by atoms with Crippen LogP contribution >= 0.6 is 0 Å². The molecule has 5 rings (SSSR count). The second-order valence-corrected chi connectivity index (χ2v) is 9.29. The van der Waals surface area contributed by atoms with E-state index in [0.717, 1.165) is 51.8 Å². The van der Waals surface area contributed by atoms with E-state index in [2.05, 4.69) is 34.2 Å². The zero-order chi connectivity index (χ0) is 26.6. The molecule has 190 valence electrons. The maximum Gasteiger partial charge on any atom is 0.268 e. The number of pyridine rings is 3. The molecule has 0 amide bonds. The van der Waals surface area contributed by atoms with Crippen molar-refractivity contribution in [3.8, 4) is 23.1 Å². The summed E-state index contributed by atoms with van der Waals surface area (Å²) in [7, 11) is 0. The first-order valence-electron chi connectivity index (χ1n) is 12.6. The Bertz CT molecular complexity index is 1730. The van der Waals surface area contributed by atoms with Gasteiger partial charge in [-0.3, -0.25) is 14.9 Å². The Morgan fingerprint density at radius 2 is 2.03 bits per heavy atom. The predicted octanol–water partition coefficient (Wildman–Crippen LogP) is 5.25. The van der Waals surface area contributed by atoms with Crippen LogP contribution in [0, 0.1) is 25.2 Å². The van der Waals surface area contributed by atoms with Gasteiger partial charge >= 0.3 is 0 Å². The van der Waals surface area contributed by atoms with E-state index in [9.17, 15) is 10.1 Å². The van der Waals surface area contributed by atoms with Gasteiger partial charge in [-0.1, -0.05) is 25.5 Å². The first-order chi connectivity index (χ1) is 18.5. The summed E-state index contributed by atoms with van der Waals surface area (Å²) >= 11 is 0. The van der Waals surface area contributed by atoms with Crippen molar-refractivity contribution in [3.05, 3.63) is 105 Å². The summed E-state index contributed by atoms with van der Waals surface area (Å²) in [6.07, 6.45) is 7.25. The Labute approximate surface area is 220 Å². The lowest BCUT2D eigenvalue weighted by Crippen LogP contribution is -2.23. The van der Waals surface area contributed by atoms with Gasteiger partial charge in [-0.2, -0.15) is 10.4 Å². The Hall–Kier alpha value is -4.77. The van der Waals surface area contributed by atoms with Gasteiger partial charge in [0.05, 0.1) is 24.1 Å². The van der Waals surface area contributed by atoms with Crippen molar-refractivity contribution in [1.82, 2.24) is 24.7 Å². The quantitative estimate of drug-likeness (QED) is 0.309. The Balaban J connectivity index is 1.50. The summed E-state index contributed by atoms with van der Waals surface area (Å²) in [4.78, 5) is 22.0. The van der Waals surface area contributed by atoms with Gasteiger partial charge in [-0.05, 0) is 61.7 Å². The average molecular weight is 505 g/mol. The molecule has 1 N–H and O–H groups in total. The molecule has 4 heterocycles. The second-order valence-electron chi connectivity index (χ2n) is 9.29. The van der Waals surface area contributed by atoms with Crippen molar-refractivity contribution in [1.29, 1.82) is 5.26 Å². The lowest BCUT2D eigenvalue weighted by molar-refractivity contribution is 0.306. The van der Waals surface area contributed by atoms with E-state index in [1.165, 1.54) is 16.2 Å². The Morgan fingerprint density at radius 1 is 1.16 bits per heavy atom. The Morgan fingerprint density at radius 3 is 2.84 bits per heavy atom. The van der Waals surface area contributed by atoms with Crippen LogP contribution in [0.5, 0.6) is 5.75 Å². The van der Waals surface area contributed by atoms with Gasteiger partial charge in [-0.15, -0.1) is 0 Å². The molecule has 0 unspecified atom stereocenters. The second kappa shape index (κ2) is 10.7. The number of fused-ring (bicyclic) bond motifs is 1. The predicted molar refractivity (Wildman–Crippen MR) is 146 cm³/mol. The number of ether oxygens (including phenoxy) is 1. The van der Waals surface area contributed by atoms with Crippen LogP contribution in [0.1, 0.15) is 47.0 Å². The van der Waals surface area contributed by atoms with E-state index in [-0.39, 0.29) is 24.3 Å². The molecule has 8 heteroatoms. The van der Waals surface area contributed by atoms with Gasteiger partial charge in [0.25, 0.3) is 5.56 Å². The van der Waals surface area contributed by atoms with E-state index in [4.69, 9.17) is 9.72 Å². The van der Waals surface area contributed by atoms with Crippen LogP contribution in [0.25, 0.3) is 22.2 Å². The van der Waals surface area contributed by atoms with Crippen molar-refractivity contribution >= 4 is 10.9 Å². The number of hydrogen-bond donors (Lipinski definition) is 1. The first-order valence-corrected chi connectivity index (χ1v) is 12.6. The Kier molecular flexibility index (Phi) is 7.00. The van der Waals surface area contributed by atoms with E-state index in [1.54, 1.807) is 18.5 Å². The normalized spacial score (nSPS) is 11.0. The van der Waals surface area contributed by atoms with Crippen molar-refractivity contribution in [2.24, 2.45) is 0 Å². The zero-order valence-corrected chi connectivity index (χ0v) is 21.7. The molecule has 0 spiro atoms. The molecule has 0 bridgehead atoms. The van der Waals surface area contributed by atoms with E-state index >= 15 is 0 Å². The highest BCUT2D eigenvalue weighted by molar-refractivity contribution is 5.97. The van der Waals surface area contributed by atoms with Crippen molar-refractivity contribution < 1.29 is 4.74 Å². The molecule has 5 aromatic rings. The molecule has 0 radical (unpaired) electrons. The molecule has 38 heavy (non-hydrogen) atoms. The molecule has 4 aromatic heterocycles. The summed E-state index contributed by atoms with van der Waals surface area (Å²) in [5, 5.41) is 17.7. The number of benzene rings is 1. The average Bonchev–Trinajstić information content (AvgIpc) is 3.37. The number of aromatic nitrogens is 5. The van der Waals surface area contributed by atoms with Gasteiger partial charge in [0.1, 0.15) is 29.5 Å².